The van der Waals surface area contributed by atoms with Gasteiger partial charge in [0.1, 0.15) is 0 Å². The van der Waals surface area contributed by atoms with Crippen molar-refractivity contribution < 1.29 is 19.0 Å². The minimum Gasteiger partial charge on any atom is -0.459 e. The molecule has 180 valence electrons. The molecule has 10 heteroatoms. The molecule has 1 aromatic heterocycles. The average Bonchev–Trinajstić information content (AvgIpc) is 3.36. The largest absolute Gasteiger partial charge is 0.459 e. The normalized spacial score (nSPS) is 17.0. The first-order valence-corrected chi connectivity index (χ1v) is 12.8. The van der Waals surface area contributed by atoms with Crippen LogP contribution in [-0.4, -0.2) is 23.4 Å². The molecule has 2 aliphatic rings. The van der Waals surface area contributed by atoms with E-state index in [-0.39, 0.29) is 18.5 Å². The molecular weight excluding hydrogens is 556 g/mol. The van der Waals surface area contributed by atoms with E-state index >= 15 is 0 Å². The lowest BCUT2D eigenvalue weighted by molar-refractivity contribution is -0.143. The van der Waals surface area contributed by atoms with Gasteiger partial charge in [0, 0.05) is 9.50 Å². The molecule has 5 rings (SSSR count). The molecule has 2 aromatic carbocycles. The number of esters is 1. The molecule has 0 spiro atoms. The van der Waals surface area contributed by atoms with E-state index in [2.05, 4.69) is 20.9 Å². The van der Waals surface area contributed by atoms with Crippen LogP contribution in [0.15, 0.2) is 61.9 Å². The van der Waals surface area contributed by atoms with E-state index in [0.717, 1.165) is 15.6 Å². The molecule has 1 unspecified atom stereocenters. The summed E-state index contributed by atoms with van der Waals surface area (Å²) in [6.07, 6.45) is 1.46. The van der Waals surface area contributed by atoms with Crippen LogP contribution in [0, 0.1) is 0 Å². The number of rotatable bonds is 4. The zero-order valence-electron chi connectivity index (χ0n) is 19.0. The standard InChI is InChI=1S/C25H20BrClN2O5S/c1-12(2)34-24(31)21-13(3)28-25-29(22(21)14-4-6-16(27)7-5-14)23(30)20(35-25)9-15-8-18-19(10-17(15)26)33-11-32-18/h4-10,12,22H,11H2,1-3H3/b20-9+. The molecule has 0 bridgehead atoms. The summed E-state index contributed by atoms with van der Waals surface area (Å²) in [5, 5.41) is 0.556. The van der Waals surface area contributed by atoms with Gasteiger partial charge in [-0.05, 0) is 62.2 Å². The second kappa shape index (κ2) is 9.29. The van der Waals surface area contributed by atoms with Crippen molar-refractivity contribution >= 4 is 50.9 Å². The number of allylic oxidation sites excluding steroid dienone is 1. The van der Waals surface area contributed by atoms with Gasteiger partial charge in [0.15, 0.2) is 16.3 Å². The number of benzene rings is 2. The molecule has 0 radical (unpaired) electrons. The van der Waals surface area contributed by atoms with Crippen molar-refractivity contribution in [1.29, 1.82) is 0 Å². The van der Waals surface area contributed by atoms with Crippen molar-refractivity contribution in [3.05, 3.63) is 88.0 Å². The van der Waals surface area contributed by atoms with Crippen LogP contribution in [0.2, 0.25) is 5.02 Å². The van der Waals surface area contributed by atoms with E-state index in [1.54, 1.807) is 55.7 Å². The van der Waals surface area contributed by atoms with Gasteiger partial charge in [0.25, 0.3) is 5.56 Å². The fourth-order valence-electron chi connectivity index (χ4n) is 4.01. The summed E-state index contributed by atoms with van der Waals surface area (Å²) in [7, 11) is 0. The number of hydrogen-bond donors (Lipinski definition) is 0. The zero-order valence-corrected chi connectivity index (χ0v) is 22.2. The lowest BCUT2D eigenvalue weighted by Crippen LogP contribution is -2.40. The van der Waals surface area contributed by atoms with Crippen molar-refractivity contribution in [3.63, 3.8) is 0 Å². The molecule has 0 fully saturated rings. The van der Waals surface area contributed by atoms with E-state index in [1.165, 1.54) is 11.3 Å². The van der Waals surface area contributed by atoms with Gasteiger partial charge in [-0.3, -0.25) is 9.36 Å². The Bertz CT molecular complexity index is 1560. The Balaban J connectivity index is 1.70. The molecule has 3 aromatic rings. The SMILES string of the molecule is CC1=C(C(=O)OC(C)C)C(c2ccc(Cl)cc2)n2c(s/c(=C/c3cc4c(cc3Br)OCO4)c2=O)=N1. The minimum atomic E-state index is -0.697. The molecule has 35 heavy (non-hydrogen) atoms. The highest BCUT2D eigenvalue weighted by molar-refractivity contribution is 9.10. The van der Waals surface area contributed by atoms with Gasteiger partial charge in [-0.1, -0.05) is 51.0 Å². The van der Waals surface area contributed by atoms with Crippen LogP contribution in [0.5, 0.6) is 11.5 Å². The molecule has 0 aliphatic carbocycles. The minimum absolute atomic E-state index is 0.156. The van der Waals surface area contributed by atoms with Crippen LogP contribution in [0.1, 0.15) is 37.9 Å². The smallest absolute Gasteiger partial charge is 0.338 e. The van der Waals surface area contributed by atoms with Crippen LogP contribution in [-0.2, 0) is 9.53 Å². The summed E-state index contributed by atoms with van der Waals surface area (Å²) in [5.41, 5.74) is 2.06. The van der Waals surface area contributed by atoms with Gasteiger partial charge < -0.3 is 14.2 Å². The number of aromatic nitrogens is 1. The maximum atomic E-state index is 13.7. The summed E-state index contributed by atoms with van der Waals surface area (Å²) < 4.78 is 19.2. The molecular formula is C25H20BrClN2O5S. The Labute approximate surface area is 218 Å². The Hall–Kier alpha value is -2.88. The molecule has 3 heterocycles. The number of ether oxygens (including phenoxy) is 3. The van der Waals surface area contributed by atoms with E-state index in [0.29, 0.717) is 37.1 Å². The molecule has 7 nitrogen and oxygen atoms in total. The Morgan fingerprint density at radius 1 is 1.26 bits per heavy atom. The van der Waals surface area contributed by atoms with Gasteiger partial charge in [-0.25, -0.2) is 9.79 Å². The lowest BCUT2D eigenvalue weighted by atomic mass is 9.96. The van der Waals surface area contributed by atoms with Gasteiger partial charge in [-0.2, -0.15) is 0 Å². The van der Waals surface area contributed by atoms with Crippen LogP contribution in [0.4, 0.5) is 0 Å². The highest BCUT2D eigenvalue weighted by Gasteiger charge is 2.33. The van der Waals surface area contributed by atoms with Crippen molar-refractivity contribution in [2.45, 2.75) is 32.9 Å². The third-order valence-electron chi connectivity index (χ3n) is 5.55. The summed E-state index contributed by atoms with van der Waals surface area (Å²) in [5.74, 6) is 0.747. The maximum absolute atomic E-state index is 13.7. The van der Waals surface area contributed by atoms with Crippen LogP contribution in [0.3, 0.4) is 0 Å². The first kappa shape index (κ1) is 23.8. The third-order valence-corrected chi connectivity index (χ3v) is 7.47. The summed E-state index contributed by atoms with van der Waals surface area (Å²) >= 11 is 10.9. The number of nitrogens with zero attached hydrogens (tertiary/aromatic N) is 2. The van der Waals surface area contributed by atoms with Crippen molar-refractivity contribution in [3.8, 4) is 11.5 Å². The molecule has 0 saturated heterocycles. The first-order chi connectivity index (χ1) is 16.7. The number of halogens is 2. The van der Waals surface area contributed by atoms with Gasteiger partial charge >= 0.3 is 5.97 Å². The third kappa shape index (κ3) is 4.44. The van der Waals surface area contributed by atoms with E-state index in [1.807, 2.05) is 12.1 Å². The molecule has 2 aliphatic heterocycles. The predicted molar refractivity (Wildman–Crippen MR) is 137 cm³/mol. The average molecular weight is 576 g/mol. The topological polar surface area (TPSA) is 79.1 Å². The molecule has 1 atom stereocenters. The van der Waals surface area contributed by atoms with Crippen molar-refractivity contribution in [2.75, 3.05) is 6.79 Å². The van der Waals surface area contributed by atoms with E-state index in [9.17, 15) is 9.59 Å². The number of fused-ring (bicyclic) bond motifs is 2. The number of carbonyl (C=O) groups is 1. The van der Waals surface area contributed by atoms with Crippen molar-refractivity contribution in [2.24, 2.45) is 4.99 Å². The molecule has 0 amide bonds. The van der Waals surface area contributed by atoms with Crippen LogP contribution < -0.4 is 24.4 Å². The van der Waals surface area contributed by atoms with Crippen molar-refractivity contribution in [1.82, 2.24) is 4.57 Å². The fourth-order valence-corrected chi connectivity index (χ4v) is 5.61. The quantitative estimate of drug-likeness (QED) is 0.433. The van der Waals surface area contributed by atoms with Crippen LogP contribution in [0.25, 0.3) is 6.08 Å². The van der Waals surface area contributed by atoms with E-state index < -0.39 is 12.0 Å². The maximum Gasteiger partial charge on any atom is 0.338 e. The Morgan fingerprint density at radius 3 is 2.63 bits per heavy atom. The fraction of sp³-hybridized carbons (Fsp3) is 0.240. The van der Waals surface area contributed by atoms with Gasteiger partial charge in [0.05, 0.1) is 27.9 Å². The monoisotopic (exact) mass is 574 g/mol. The first-order valence-electron chi connectivity index (χ1n) is 10.8. The second-order valence-electron chi connectivity index (χ2n) is 8.31. The summed E-state index contributed by atoms with van der Waals surface area (Å²) in [6.45, 7) is 5.47. The van der Waals surface area contributed by atoms with Gasteiger partial charge in [-0.15, -0.1) is 0 Å². The lowest BCUT2D eigenvalue weighted by Gasteiger charge is -2.25. The second-order valence-corrected chi connectivity index (χ2v) is 10.6. The number of carbonyl (C=O) groups excluding carboxylic acids is 1. The Kier molecular flexibility index (Phi) is 6.33. The predicted octanol–water partition coefficient (Wildman–Crippen LogP) is 4.33. The van der Waals surface area contributed by atoms with E-state index in [4.69, 9.17) is 25.8 Å². The highest BCUT2D eigenvalue weighted by Crippen LogP contribution is 2.37. The molecule has 0 saturated carbocycles. The Morgan fingerprint density at radius 2 is 1.94 bits per heavy atom. The molecule has 0 N–H and O–H groups in total. The zero-order chi connectivity index (χ0) is 24.9. The van der Waals surface area contributed by atoms with Crippen LogP contribution >= 0.6 is 38.9 Å². The number of hydrogen-bond acceptors (Lipinski definition) is 7. The highest BCUT2D eigenvalue weighted by atomic mass is 79.9. The summed E-state index contributed by atoms with van der Waals surface area (Å²) in [4.78, 5) is 32.0. The number of thiazole rings is 1. The summed E-state index contributed by atoms with van der Waals surface area (Å²) in [6, 6.07) is 10.0. The van der Waals surface area contributed by atoms with Gasteiger partial charge in [0.2, 0.25) is 6.79 Å².